The van der Waals surface area contributed by atoms with Crippen molar-refractivity contribution in [3.63, 3.8) is 0 Å². The summed E-state index contributed by atoms with van der Waals surface area (Å²) in [5, 5.41) is 11.7. The van der Waals surface area contributed by atoms with Crippen LogP contribution in [0.2, 0.25) is 0 Å². The molecule has 0 aliphatic carbocycles. The van der Waals surface area contributed by atoms with Crippen LogP contribution >= 0.6 is 0 Å². The molecule has 0 aromatic rings. The summed E-state index contributed by atoms with van der Waals surface area (Å²) in [6.45, 7) is 5.22. The fraction of sp³-hybridized carbons (Fsp3) is 0.800. The Hall–Kier alpha value is -1.63. The van der Waals surface area contributed by atoms with Gasteiger partial charge in [0.15, 0.2) is 0 Å². The van der Waals surface area contributed by atoms with Crippen LogP contribution in [0.5, 0.6) is 0 Å². The minimum atomic E-state index is -0.974. The summed E-state index contributed by atoms with van der Waals surface area (Å²) in [5.74, 6) is -1.44. The van der Waals surface area contributed by atoms with Crippen molar-refractivity contribution in [1.29, 1.82) is 0 Å². The lowest BCUT2D eigenvalue weighted by Gasteiger charge is -2.23. The van der Waals surface area contributed by atoms with Gasteiger partial charge in [-0.2, -0.15) is 0 Å². The van der Waals surface area contributed by atoms with Crippen LogP contribution < -0.4 is 5.32 Å². The van der Waals surface area contributed by atoms with Gasteiger partial charge in [-0.3, -0.25) is 14.5 Å². The molecule has 2 heterocycles. The Labute approximate surface area is 131 Å². The van der Waals surface area contributed by atoms with Crippen LogP contribution in [-0.2, 0) is 14.4 Å². The lowest BCUT2D eigenvalue weighted by atomic mass is 10.2. The zero-order valence-corrected chi connectivity index (χ0v) is 13.7. The quantitative estimate of drug-likeness (QED) is 0.779. The first-order chi connectivity index (χ1) is 10.5. The maximum atomic E-state index is 12.0. The number of amides is 2. The summed E-state index contributed by atoms with van der Waals surface area (Å²) in [7, 11) is 1.89. The molecule has 2 aliphatic rings. The van der Waals surface area contributed by atoms with Crippen LogP contribution in [0.15, 0.2) is 0 Å². The van der Waals surface area contributed by atoms with Crippen molar-refractivity contribution >= 4 is 17.8 Å². The van der Waals surface area contributed by atoms with Crippen LogP contribution in [0.3, 0.4) is 0 Å². The molecule has 2 unspecified atom stereocenters. The Balaban J connectivity index is 0.00000116. The number of rotatable bonds is 4. The second kappa shape index (κ2) is 8.73. The first-order valence-electron chi connectivity index (χ1n) is 8.01. The van der Waals surface area contributed by atoms with E-state index in [1.54, 1.807) is 0 Å². The van der Waals surface area contributed by atoms with Crippen molar-refractivity contribution in [3.05, 3.63) is 0 Å². The van der Waals surface area contributed by atoms with E-state index in [1.165, 1.54) is 4.90 Å². The van der Waals surface area contributed by atoms with Gasteiger partial charge in [0, 0.05) is 6.54 Å². The Morgan fingerprint density at radius 2 is 1.68 bits per heavy atom. The third-order valence-corrected chi connectivity index (χ3v) is 4.10. The predicted molar refractivity (Wildman–Crippen MR) is 82.4 cm³/mol. The molecule has 22 heavy (non-hydrogen) atoms. The van der Waals surface area contributed by atoms with Crippen molar-refractivity contribution in [3.8, 4) is 0 Å². The van der Waals surface area contributed by atoms with E-state index in [9.17, 15) is 14.4 Å². The van der Waals surface area contributed by atoms with Gasteiger partial charge in [-0.25, -0.2) is 4.79 Å². The number of carboxylic acids is 1. The van der Waals surface area contributed by atoms with Gasteiger partial charge in [0.25, 0.3) is 0 Å². The summed E-state index contributed by atoms with van der Waals surface area (Å²) >= 11 is 0. The molecule has 7 heteroatoms. The van der Waals surface area contributed by atoms with Crippen LogP contribution in [-0.4, -0.2) is 71.5 Å². The highest BCUT2D eigenvalue weighted by molar-refractivity contribution is 5.89. The van der Waals surface area contributed by atoms with Gasteiger partial charge in [0.05, 0.1) is 12.6 Å². The molecular formula is C15H27N3O4. The highest BCUT2D eigenvalue weighted by Crippen LogP contribution is 2.17. The molecule has 0 radical (unpaired) electrons. The van der Waals surface area contributed by atoms with Crippen molar-refractivity contribution < 1.29 is 19.5 Å². The lowest BCUT2D eigenvalue weighted by molar-refractivity contribution is -0.148. The maximum absolute atomic E-state index is 12.0. The molecule has 0 aromatic carbocycles. The minimum absolute atomic E-state index is 0.118. The summed E-state index contributed by atoms with van der Waals surface area (Å²) in [6, 6.07) is -0.912. The predicted octanol–water partition coefficient (Wildman–Crippen LogP) is 0.299. The number of likely N-dealkylation sites (tertiary alicyclic amines) is 2. The topological polar surface area (TPSA) is 90.0 Å². The van der Waals surface area contributed by atoms with E-state index >= 15 is 0 Å². The highest BCUT2D eigenvalue weighted by atomic mass is 16.4. The van der Waals surface area contributed by atoms with E-state index < -0.39 is 12.0 Å². The van der Waals surface area contributed by atoms with E-state index in [2.05, 4.69) is 5.32 Å². The van der Waals surface area contributed by atoms with E-state index in [0.29, 0.717) is 19.4 Å². The van der Waals surface area contributed by atoms with E-state index in [4.69, 9.17) is 5.11 Å². The highest BCUT2D eigenvalue weighted by Gasteiger charge is 2.34. The Bertz CT molecular complexity index is 414. The average molecular weight is 313 g/mol. The third kappa shape index (κ3) is 4.43. The second-order valence-electron chi connectivity index (χ2n) is 5.44. The van der Waals surface area contributed by atoms with Gasteiger partial charge in [-0.05, 0) is 39.3 Å². The van der Waals surface area contributed by atoms with E-state index in [-0.39, 0.29) is 24.4 Å². The van der Waals surface area contributed by atoms with Crippen molar-refractivity contribution in [1.82, 2.24) is 15.1 Å². The number of nitrogens with zero attached hydrogens (tertiary/aromatic N) is 2. The van der Waals surface area contributed by atoms with Crippen LogP contribution in [0.25, 0.3) is 0 Å². The Morgan fingerprint density at radius 1 is 1.09 bits per heavy atom. The second-order valence-corrected chi connectivity index (χ2v) is 5.44. The molecule has 2 fully saturated rings. The number of nitrogens with one attached hydrogen (secondary N) is 1. The SMILES string of the molecule is CC.CN1CCCC1C(=O)NCC(=O)N1CCCC1C(=O)O. The summed E-state index contributed by atoms with van der Waals surface area (Å²) in [5.41, 5.74) is 0. The Morgan fingerprint density at radius 3 is 2.23 bits per heavy atom. The fourth-order valence-corrected chi connectivity index (χ4v) is 2.95. The van der Waals surface area contributed by atoms with Gasteiger partial charge in [0.1, 0.15) is 6.04 Å². The number of hydrogen-bond donors (Lipinski definition) is 2. The fourth-order valence-electron chi connectivity index (χ4n) is 2.95. The third-order valence-electron chi connectivity index (χ3n) is 4.10. The maximum Gasteiger partial charge on any atom is 0.326 e. The Kier molecular flexibility index (Phi) is 7.31. The number of hydrogen-bond acceptors (Lipinski definition) is 4. The smallest absolute Gasteiger partial charge is 0.326 e. The molecule has 2 atom stereocenters. The van der Waals surface area contributed by atoms with E-state index in [1.807, 2.05) is 25.8 Å². The summed E-state index contributed by atoms with van der Waals surface area (Å²) in [4.78, 5) is 38.3. The van der Waals surface area contributed by atoms with Crippen molar-refractivity contribution in [2.75, 3.05) is 26.7 Å². The summed E-state index contributed by atoms with van der Waals surface area (Å²) < 4.78 is 0. The summed E-state index contributed by atoms with van der Waals surface area (Å²) in [6.07, 6.45) is 2.97. The lowest BCUT2D eigenvalue weighted by Crippen LogP contribution is -2.48. The molecule has 2 saturated heterocycles. The number of carbonyl (C=O) groups is 3. The normalized spacial score (nSPS) is 24.6. The number of aliphatic carboxylic acids is 1. The largest absolute Gasteiger partial charge is 0.480 e. The molecule has 0 bridgehead atoms. The van der Waals surface area contributed by atoms with Gasteiger partial charge in [-0.15, -0.1) is 0 Å². The van der Waals surface area contributed by atoms with Gasteiger partial charge in [-0.1, -0.05) is 13.8 Å². The molecule has 0 saturated carbocycles. The molecule has 0 aromatic heterocycles. The molecule has 2 amide bonds. The number of likely N-dealkylation sites (N-methyl/N-ethyl adjacent to an activating group) is 1. The van der Waals surface area contributed by atoms with Crippen molar-refractivity contribution in [2.45, 2.75) is 51.6 Å². The molecule has 2 rings (SSSR count). The van der Waals surface area contributed by atoms with Crippen LogP contribution in [0, 0.1) is 0 Å². The first-order valence-corrected chi connectivity index (χ1v) is 8.01. The first kappa shape index (κ1) is 18.4. The molecule has 0 spiro atoms. The van der Waals surface area contributed by atoms with Gasteiger partial charge >= 0.3 is 5.97 Å². The van der Waals surface area contributed by atoms with Gasteiger partial charge < -0.3 is 15.3 Å². The molecule has 2 aliphatic heterocycles. The average Bonchev–Trinajstić information content (AvgIpc) is 3.15. The van der Waals surface area contributed by atoms with E-state index in [0.717, 1.165) is 19.4 Å². The standard InChI is InChI=1S/C13H21N3O4.C2H6/c1-15-6-2-4-9(15)12(18)14-8-11(17)16-7-3-5-10(16)13(19)20;1-2/h9-10H,2-8H2,1H3,(H,14,18)(H,19,20);1-2H3. The molecular weight excluding hydrogens is 286 g/mol. The zero-order chi connectivity index (χ0) is 16.7. The molecule has 2 N–H and O–H groups in total. The molecule has 7 nitrogen and oxygen atoms in total. The monoisotopic (exact) mass is 313 g/mol. The van der Waals surface area contributed by atoms with Gasteiger partial charge in [0.2, 0.25) is 11.8 Å². The van der Waals surface area contributed by atoms with Crippen LogP contribution in [0.4, 0.5) is 0 Å². The number of carbonyl (C=O) groups excluding carboxylic acids is 2. The number of carboxylic acid groups (broad SMARTS) is 1. The zero-order valence-electron chi connectivity index (χ0n) is 13.7. The molecule has 126 valence electrons. The van der Waals surface area contributed by atoms with Crippen molar-refractivity contribution in [2.24, 2.45) is 0 Å². The van der Waals surface area contributed by atoms with Crippen LogP contribution in [0.1, 0.15) is 39.5 Å². The minimum Gasteiger partial charge on any atom is -0.480 e.